The van der Waals surface area contributed by atoms with Crippen molar-refractivity contribution in [3.05, 3.63) is 0 Å². The van der Waals surface area contributed by atoms with Gasteiger partial charge in [-0.25, -0.2) is 9.13 Å². The van der Waals surface area contributed by atoms with E-state index in [2.05, 4.69) is 27.7 Å². The van der Waals surface area contributed by atoms with Gasteiger partial charge < -0.3 is 33.8 Å². The molecule has 0 aromatic carbocycles. The summed E-state index contributed by atoms with van der Waals surface area (Å²) in [5.74, 6) is -2.13. The largest absolute Gasteiger partial charge is 0.472 e. The summed E-state index contributed by atoms with van der Waals surface area (Å²) in [5, 5.41) is 10.5. The Hall–Kier alpha value is -1.94. The Labute approximate surface area is 524 Å². The molecule has 86 heavy (non-hydrogen) atoms. The molecule has 0 aliphatic carbocycles. The van der Waals surface area contributed by atoms with Crippen molar-refractivity contribution in [2.24, 2.45) is 0 Å². The maximum Gasteiger partial charge on any atom is 0.472 e. The minimum atomic E-state index is -4.94. The van der Waals surface area contributed by atoms with Crippen LogP contribution in [0, 0.1) is 0 Å². The number of rotatable bonds is 68. The van der Waals surface area contributed by atoms with Gasteiger partial charge in [-0.05, 0) is 25.7 Å². The van der Waals surface area contributed by atoms with Gasteiger partial charge in [-0.1, -0.05) is 297 Å². The van der Waals surface area contributed by atoms with Crippen molar-refractivity contribution in [3.8, 4) is 0 Å². The summed E-state index contributed by atoms with van der Waals surface area (Å²) in [6, 6.07) is 0. The van der Waals surface area contributed by atoms with Crippen LogP contribution in [0.2, 0.25) is 0 Å². The first-order chi connectivity index (χ1) is 41.7. The molecule has 0 saturated carbocycles. The van der Waals surface area contributed by atoms with Crippen molar-refractivity contribution in [2.45, 2.75) is 367 Å². The molecule has 19 heteroatoms. The van der Waals surface area contributed by atoms with Gasteiger partial charge in [0, 0.05) is 25.7 Å². The van der Waals surface area contributed by atoms with Crippen molar-refractivity contribution < 1.29 is 80.2 Å². The van der Waals surface area contributed by atoms with Crippen LogP contribution < -0.4 is 0 Å². The molecule has 0 aromatic heterocycles. The lowest BCUT2D eigenvalue weighted by atomic mass is 10.0. The SMILES string of the molecule is CCCCCCCCCCCCCCCCCCCCC(=O)O[C@H](COC(=O)CCCCCCCCCCCC)COP(=O)(O)OC[C@@H](O)COP(=O)(O)OC[C@@H](COC(=O)CCCCCCCCCC)OC(=O)CCCCCCCCCCCC. The molecule has 0 saturated heterocycles. The maximum atomic E-state index is 13.0. The van der Waals surface area contributed by atoms with E-state index in [1.54, 1.807) is 0 Å². The maximum absolute atomic E-state index is 13.0. The fourth-order valence-corrected chi connectivity index (χ4v) is 11.7. The van der Waals surface area contributed by atoms with E-state index in [1.807, 2.05) is 0 Å². The number of unbranched alkanes of at least 4 members (excludes halogenated alkanes) is 42. The van der Waals surface area contributed by atoms with Gasteiger partial charge >= 0.3 is 39.5 Å². The Morgan fingerprint density at radius 1 is 0.279 bits per heavy atom. The fourth-order valence-electron chi connectivity index (χ4n) is 10.2. The first-order valence-electron chi connectivity index (χ1n) is 35.3. The minimum absolute atomic E-state index is 0.107. The van der Waals surface area contributed by atoms with Crippen LogP contribution in [-0.2, 0) is 65.4 Å². The summed E-state index contributed by atoms with van der Waals surface area (Å²) in [6.07, 6.45) is 48.6. The number of esters is 4. The highest BCUT2D eigenvalue weighted by Crippen LogP contribution is 2.45. The highest BCUT2D eigenvalue weighted by Gasteiger charge is 2.30. The molecule has 3 N–H and O–H groups in total. The topological polar surface area (TPSA) is 237 Å². The second-order valence-corrected chi connectivity index (χ2v) is 27.1. The second-order valence-electron chi connectivity index (χ2n) is 24.2. The van der Waals surface area contributed by atoms with Crippen molar-refractivity contribution in [3.63, 3.8) is 0 Å². The van der Waals surface area contributed by atoms with Crippen molar-refractivity contribution in [1.82, 2.24) is 0 Å². The second kappa shape index (κ2) is 61.9. The number of ether oxygens (including phenoxy) is 4. The van der Waals surface area contributed by atoms with Gasteiger partial charge in [0.15, 0.2) is 12.2 Å². The predicted octanol–water partition coefficient (Wildman–Crippen LogP) is 19.1. The van der Waals surface area contributed by atoms with Crippen LogP contribution in [0.4, 0.5) is 0 Å². The van der Waals surface area contributed by atoms with Gasteiger partial charge in [-0.2, -0.15) is 0 Å². The summed E-state index contributed by atoms with van der Waals surface area (Å²) in [4.78, 5) is 72.2. The highest BCUT2D eigenvalue weighted by molar-refractivity contribution is 7.47. The quantitative estimate of drug-likeness (QED) is 0.0222. The number of hydrogen-bond donors (Lipinski definition) is 3. The Bertz CT molecular complexity index is 1650. The molecule has 0 rings (SSSR count). The number of carbonyl (C=O) groups is 4. The highest BCUT2D eigenvalue weighted by atomic mass is 31.2. The van der Waals surface area contributed by atoms with Crippen LogP contribution in [-0.4, -0.2) is 96.7 Å². The molecular formula is C67H130O17P2. The Morgan fingerprint density at radius 2 is 0.465 bits per heavy atom. The first kappa shape index (κ1) is 84.1. The molecule has 5 atom stereocenters. The predicted molar refractivity (Wildman–Crippen MR) is 345 cm³/mol. The van der Waals surface area contributed by atoms with Gasteiger partial charge in [0.2, 0.25) is 0 Å². The minimum Gasteiger partial charge on any atom is -0.462 e. The van der Waals surface area contributed by atoms with Gasteiger partial charge in [0.1, 0.15) is 19.3 Å². The number of hydrogen-bond acceptors (Lipinski definition) is 15. The Balaban J connectivity index is 5.17. The van der Waals surface area contributed by atoms with Crippen LogP contribution in [0.3, 0.4) is 0 Å². The van der Waals surface area contributed by atoms with Crippen LogP contribution in [0.1, 0.15) is 349 Å². The van der Waals surface area contributed by atoms with Crippen molar-refractivity contribution in [2.75, 3.05) is 39.6 Å². The summed E-state index contributed by atoms with van der Waals surface area (Å²) >= 11 is 0. The number of phosphoric ester groups is 2. The summed E-state index contributed by atoms with van der Waals surface area (Å²) < 4.78 is 68.0. The van der Waals surface area contributed by atoms with E-state index in [4.69, 9.17) is 37.0 Å². The molecule has 0 aliphatic rings. The van der Waals surface area contributed by atoms with E-state index in [0.717, 1.165) is 96.3 Å². The number of phosphoric acid groups is 2. The summed E-state index contributed by atoms with van der Waals surface area (Å²) in [7, 11) is -9.88. The molecule has 0 aliphatic heterocycles. The van der Waals surface area contributed by atoms with Crippen LogP contribution >= 0.6 is 15.6 Å². The summed E-state index contributed by atoms with van der Waals surface area (Å²) in [6.45, 7) is 4.88. The molecule has 0 aromatic rings. The van der Waals surface area contributed by atoms with Crippen LogP contribution in [0.25, 0.3) is 0 Å². The molecule has 0 bridgehead atoms. The van der Waals surface area contributed by atoms with E-state index in [-0.39, 0.29) is 25.7 Å². The van der Waals surface area contributed by atoms with E-state index in [9.17, 15) is 43.2 Å². The zero-order valence-corrected chi connectivity index (χ0v) is 57.1. The van der Waals surface area contributed by atoms with E-state index >= 15 is 0 Å². The number of aliphatic hydroxyl groups excluding tert-OH is 1. The normalized spacial score (nSPS) is 14.1. The third kappa shape index (κ3) is 60.9. The summed E-state index contributed by atoms with van der Waals surface area (Å²) in [5.41, 5.74) is 0. The molecule has 0 radical (unpaired) electrons. The lowest BCUT2D eigenvalue weighted by Crippen LogP contribution is -2.30. The van der Waals surface area contributed by atoms with Gasteiger partial charge in [0.25, 0.3) is 0 Å². The lowest BCUT2D eigenvalue weighted by Gasteiger charge is -2.21. The smallest absolute Gasteiger partial charge is 0.462 e. The molecule has 17 nitrogen and oxygen atoms in total. The lowest BCUT2D eigenvalue weighted by molar-refractivity contribution is -0.161. The third-order valence-electron chi connectivity index (χ3n) is 15.6. The molecule has 0 heterocycles. The van der Waals surface area contributed by atoms with Gasteiger partial charge in [0.05, 0.1) is 26.4 Å². The molecule has 0 amide bonds. The third-order valence-corrected chi connectivity index (χ3v) is 17.5. The first-order valence-corrected chi connectivity index (χ1v) is 38.3. The van der Waals surface area contributed by atoms with Gasteiger partial charge in [-0.15, -0.1) is 0 Å². The Morgan fingerprint density at radius 3 is 0.686 bits per heavy atom. The molecule has 2 unspecified atom stereocenters. The zero-order chi connectivity index (χ0) is 63.3. The van der Waals surface area contributed by atoms with Crippen LogP contribution in [0.15, 0.2) is 0 Å². The molecule has 0 fully saturated rings. The monoisotopic (exact) mass is 1270 g/mol. The van der Waals surface area contributed by atoms with E-state index < -0.39 is 97.5 Å². The van der Waals surface area contributed by atoms with Crippen molar-refractivity contribution in [1.29, 1.82) is 0 Å². The molecular weight excluding hydrogens is 1140 g/mol. The number of carbonyl (C=O) groups excluding carboxylic acids is 4. The molecule has 0 spiro atoms. The van der Waals surface area contributed by atoms with Gasteiger partial charge in [-0.3, -0.25) is 37.3 Å². The van der Waals surface area contributed by atoms with E-state index in [1.165, 1.54) is 173 Å². The Kier molecular flexibility index (Phi) is 60.5. The average Bonchev–Trinajstić information content (AvgIpc) is 3.69. The standard InChI is InChI=1S/C67H130O17P2/c1-5-9-13-17-21-25-28-29-30-31-32-33-34-35-38-42-46-50-54-67(72)84-63(58-78-65(70)52-48-44-40-36-26-22-18-14-10-6-2)60-82-86(75,76)80-56-61(68)55-79-85(73,74)81-59-62(57-77-64(69)51-47-43-39-24-20-16-12-8-4)83-66(71)53-49-45-41-37-27-23-19-15-11-7-3/h61-63,68H,5-60H2,1-4H3,(H,73,74)(H,75,76)/t61-,62+,63+/m0/s1. The van der Waals surface area contributed by atoms with Crippen molar-refractivity contribution >= 4 is 39.5 Å². The average molecular weight is 1270 g/mol. The molecule has 510 valence electrons. The fraction of sp³-hybridized carbons (Fsp3) is 0.940. The van der Waals surface area contributed by atoms with E-state index in [0.29, 0.717) is 25.7 Å². The zero-order valence-electron chi connectivity index (χ0n) is 55.3. The van der Waals surface area contributed by atoms with Crippen LogP contribution in [0.5, 0.6) is 0 Å². The number of aliphatic hydroxyl groups is 1.